The van der Waals surface area contributed by atoms with Crippen molar-refractivity contribution in [3.63, 3.8) is 0 Å². The van der Waals surface area contributed by atoms with E-state index in [0.29, 0.717) is 13.0 Å². The number of benzene rings is 1. The van der Waals surface area contributed by atoms with Gasteiger partial charge in [-0.15, -0.1) is 0 Å². The molecule has 0 bridgehead atoms. The predicted molar refractivity (Wildman–Crippen MR) is 101 cm³/mol. The lowest BCUT2D eigenvalue weighted by Crippen LogP contribution is -2.34. The zero-order valence-corrected chi connectivity index (χ0v) is 16.1. The average Bonchev–Trinajstić information content (AvgIpc) is 2.53. The largest absolute Gasteiger partial charge is 0.351 e. The van der Waals surface area contributed by atoms with Gasteiger partial charge in [0.2, 0.25) is 5.91 Å². The number of nitrogens with zero attached hydrogens (tertiary/aromatic N) is 1. The van der Waals surface area contributed by atoms with Crippen molar-refractivity contribution in [3.05, 3.63) is 35.4 Å². The van der Waals surface area contributed by atoms with Crippen LogP contribution in [0.5, 0.6) is 0 Å². The maximum atomic E-state index is 12.0. The van der Waals surface area contributed by atoms with Gasteiger partial charge in [-0.2, -0.15) is 0 Å². The van der Waals surface area contributed by atoms with Gasteiger partial charge in [0.05, 0.1) is 5.75 Å². The van der Waals surface area contributed by atoms with Gasteiger partial charge >= 0.3 is 0 Å². The molecule has 1 aromatic rings. The van der Waals surface area contributed by atoms with Gasteiger partial charge in [0.25, 0.3) is 0 Å². The molecule has 1 saturated heterocycles. The summed E-state index contributed by atoms with van der Waals surface area (Å²) in [7, 11) is -3.29. The van der Waals surface area contributed by atoms with E-state index in [2.05, 4.69) is 23.2 Å². The van der Waals surface area contributed by atoms with Gasteiger partial charge in [0.1, 0.15) is 5.75 Å². The summed E-state index contributed by atoms with van der Waals surface area (Å²) in [5, 5.41) is 2.76. The number of carbonyl (C=O) groups excluding carboxylic acids is 1. The van der Waals surface area contributed by atoms with E-state index in [9.17, 15) is 13.2 Å². The van der Waals surface area contributed by atoms with Crippen molar-refractivity contribution in [1.82, 2.24) is 10.2 Å². The second-order valence-electron chi connectivity index (χ2n) is 7.12. The Bertz CT molecular complexity index is 673. The normalized spacial score (nSPS) is 18.9. The molecule has 1 fully saturated rings. The molecule has 0 saturated carbocycles. The molecule has 1 aliphatic rings. The van der Waals surface area contributed by atoms with Gasteiger partial charge < -0.3 is 5.32 Å². The quantitative estimate of drug-likeness (QED) is 0.767. The third-order valence-electron chi connectivity index (χ3n) is 4.60. The molecule has 1 N–H and O–H groups in total. The van der Waals surface area contributed by atoms with Crippen LogP contribution in [0.1, 0.15) is 44.2 Å². The van der Waals surface area contributed by atoms with Crippen molar-refractivity contribution in [2.75, 3.05) is 24.6 Å². The van der Waals surface area contributed by atoms with E-state index in [1.54, 1.807) is 6.92 Å². The van der Waals surface area contributed by atoms with Gasteiger partial charge in [0, 0.05) is 19.6 Å². The fraction of sp³-hybridized carbons (Fsp3) is 0.632. The molecule has 6 heteroatoms. The molecule has 1 atom stereocenters. The SMILES string of the molecule is CCCS(=O)(=O)CC(=O)NCc1ccccc1CN1CCCC(C)C1. The minimum absolute atomic E-state index is 0.0597. The minimum Gasteiger partial charge on any atom is -0.351 e. The highest BCUT2D eigenvalue weighted by Gasteiger charge is 2.18. The van der Waals surface area contributed by atoms with Crippen molar-refractivity contribution >= 4 is 15.7 Å². The molecule has 2 rings (SSSR count). The number of hydrogen-bond acceptors (Lipinski definition) is 4. The smallest absolute Gasteiger partial charge is 0.235 e. The maximum Gasteiger partial charge on any atom is 0.235 e. The first-order valence-electron chi connectivity index (χ1n) is 9.16. The summed E-state index contributed by atoms with van der Waals surface area (Å²) in [5.41, 5.74) is 2.26. The fourth-order valence-electron chi connectivity index (χ4n) is 3.38. The van der Waals surface area contributed by atoms with Crippen LogP contribution in [0.2, 0.25) is 0 Å². The second-order valence-corrected chi connectivity index (χ2v) is 9.30. The molecule has 0 spiro atoms. The molecule has 140 valence electrons. The third-order valence-corrected chi connectivity index (χ3v) is 6.33. The summed E-state index contributed by atoms with van der Waals surface area (Å²) in [4.78, 5) is 14.4. The molecule has 1 aromatic carbocycles. The second kappa shape index (κ2) is 9.34. The van der Waals surface area contributed by atoms with Gasteiger partial charge in [-0.05, 0) is 42.9 Å². The van der Waals surface area contributed by atoms with E-state index >= 15 is 0 Å². The zero-order valence-electron chi connectivity index (χ0n) is 15.3. The molecule has 0 aromatic heterocycles. The first kappa shape index (κ1) is 19.9. The van der Waals surface area contributed by atoms with E-state index in [4.69, 9.17) is 0 Å². The molecular formula is C19H30N2O3S. The summed E-state index contributed by atoms with van der Waals surface area (Å²) in [6.07, 6.45) is 3.06. The van der Waals surface area contributed by atoms with E-state index in [0.717, 1.165) is 31.1 Å². The number of hydrogen-bond donors (Lipinski definition) is 1. The van der Waals surface area contributed by atoms with Crippen LogP contribution < -0.4 is 5.32 Å². The average molecular weight is 367 g/mol. The van der Waals surface area contributed by atoms with Gasteiger partial charge in [-0.25, -0.2) is 8.42 Å². The molecule has 25 heavy (non-hydrogen) atoms. The van der Waals surface area contributed by atoms with Crippen LogP contribution in [0, 0.1) is 5.92 Å². The lowest BCUT2D eigenvalue weighted by atomic mass is 9.99. The Kier molecular flexibility index (Phi) is 7.44. The highest BCUT2D eigenvalue weighted by atomic mass is 32.2. The minimum atomic E-state index is -3.29. The Labute approximate surface area is 151 Å². The number of likely N-dealkylation sites (tertiary alicyclic amines) is 1. The van der Waals surface area contributed by atoms with Crippen molar-refractivity contribution in [2.45, 2.75) is 46.2 Å². The Morgan fingerprint density at radius 3 is 2.68 bits per heavy atom. The zero-order chi connectivity index (χ0) is 18.3. The number of sulfone groups is 1. The van der Waals surface area contributed by atoms with Crippen molar-refractivity contribution in [1.29, 1.82) is 0 Å². The molecule has 1 unspecified atom stereocenters. The maximum absolute atomic E-state index is 12.0. The van der Waals surface area contributed by atoms with Crippen molar-refractivity contribution in [2.24, 2.45) is 5.92 Å². The number of piperidine rings is 1. The van der Waals surface area contributed by atoms with Crippen LogP contribution in [0.25, 0.3) is 0 Å². The monoisotopic (exact) mass is 366 g/mol. The number of rotatable bonds is 8. The number of carbonyl (C=O) groups is 1. The van der Waals surface area contributed by atoms with Gasteiger partial charge in [-0.1, -0.05) is 38.1 Å². The Hall–Kier alpha value is -1.40. The highest BCUT2D eigenvalue weighted by molar-refractivity contribution is 7.92. The van der Waals surface area contributed by atoms with E-state index in [-0.39, 0.29) is 5.75 Å². The third kappa shape index (κ3) is 6.78. The van der Waals surface area contributed by atoms with Crippen LogP contribution in [0.15, 0.2) is 24.3 Å². The summed E-state index contributed by atoms with van der Waals surface area (Å²) in [6.45, 7) is 7.56. The first-order valence-corrected chi connectivity index (χ1v) is 11.0. The summed E-state index contributed by atoms with van der Waals surface area (Å²) >= 11 is 0. The predicted octanol–water partition coefficient (Wildman–Crippen LogP) is 2.36. The highest BCUT2D eigenvalue weighted by Crippen LogP contribution is 2.19. The topological polar surface area (TPSA) is 66.5 Å². The van der Waals surface area contributed by atoms with Crippen LogP contribution in [0.4, 0.5) is 0 Å². The van der Waals surface area contributed by atoms with E-state index in [1.165, 1.54) is 18.4 Å². The lowest BCUT2D eigenvalue weighted by molar-refractivity contribution is -0.118. The van der Waals surface area contributed by atoms with E-state index in [1.807, 2.05) is 18.2 Å². The molecule has 5 nitrogen and oxygen atoms in total. The number of amides is 1. The van der Waals surface area contributed by atoms with Crippen LogP contribution in [-0.4, -0.2) is 43.8 Å². The van der Waals surface area contributed by atoms with Crippen LogP contribution in [0.3, 0.4) is 0 Å². The first-order chi connectivity index (χ1) is 11.9. The Balaban J connectivity index is 1.93. The molecular weight excluding hydrogens is 336 g/mol. The standard InChI is InChI=1S/C19H30N2O3S/c1-3-11-25(23,24)15-19(22)20-12-17-8-4-5-9-18(17)14-21-10-6-7-16(2)13-21/h4-5,8-9,16H,3,6-7,10-15H2,1-2H3,(H,20,22). The Morgan fingerprint density at radius 1 is 1.28 bits per heavy atom. The van der Waals surface area contributed by atoms with Gasteiger partial charge in [-0.3, -0.25) is 9.69 Å². The van der Waals surface area contributed by atoms with Crippen LogP contribution >= 0.6 is 0 Å². The summed E-state index contributed by atoms with van der Waals surface area (Å²) in [5.74, 6) is -0.0594. The van der Waals surface area contributed by atoms with Crippen molar-refractivity contribution < 1.29 is 13.2 Å². The number of nitrogens with one attached hydrogen (secondary N) is 1. The van der Waals surface area contributed by atoms with E-state index < -0.39 is 21.5 Å². The summed E-state index contributed by atoms with van der Waals surface area (Å²) < 4.78 is 23.5. The lowest BCUT2D eigenvalue weighted by Gasteiger charge is -2.31. The molecule has 1 aliphatic heterocycles. The Morgan fingerprint density at radius 2 is 2.00 bits per heavy atom. The summed E-state index contributed by atoms with van der Waals surface area (Å²) in [6, 6.07) is 8.06. The fourth-order valence-corrected chi connectivity index (χ4v) is 4.65. The molecule has 0 aliphatic carbocycles. The molecule has 1 heterocycles. The van der Waals surface area contributed by atoms with Crippen molar-refractivity contribution in [3.8, 4) is 0 Å². The van der Waals surface area contributed by atoms with Gasteiger partial charge in [0.15, 0.2) is 9.84 Å². The van der Waals surface area contributed by atoms with Crippen LogP contribution in [-0.2, 0) is 27.7 Å². The molecule has 1 amide bonds. The molecule has 0 radical (unpaired) electrons.